The second-order valence-electron chi connectivity index (χ2n) is 3.81. The van der Waals surface area contributed by atoms with Gasteiger partial charge in [-0.25, -0.2) is 13.6 Å². The van der Waals surface area contributed by atoms with Gasteiger partial charge in [-0.3, -0.25) is 4.79 Å². The van der Waals surface area contributed by atoms with Crippen LogP contribution in [0.2, 0.25) is 0 Å². The molecule has 0 aromatic rings. The fourth-order valence-electron chi connectivity index (χ4n) is 0.966. The van der Waals surface area contributed by atoms with Crippen LogP contribution in [-0.4, -0.2) is 37.3 Å². The van der Waals surface area contributed by atoms with Crippen LogP contribution in [0.15, 0.2) is 12.2 Å². The molecule has 0 spiro atoms. The third-order valence-electron chi connectivity index (χ3n) is 1.92. The van der Waals surface area contributed by atoms with E-state index in [1.54, 1.807) is 0 Å². The molecule has 20 heavy (non-hydrogen) atoms. The summed E-state index contributed by atoms with van der Waals surface area (Å²) < 4.78 is 68.6. The van der Waals surface area contributed by atoms with E-state index < -0.39 is 37.1 Å². The molecule has 0 aliphatic rings. The molecule has 0 heterocycles. The number of alkyl halides is 5. The summed E-state index contributed by atoms with van der Waals surface area (Å²) in [5.41, 5.74) is 0.113. The molecule has 1 atom stereocenters. The predicted molar refractivity (Wildman–Crippen MR) is 56.9 cm³/mol. The third kappa shape index (κ3) is 7.05. The van der Waals surface area contributed by atoms with Crippen molar-refractivity contribution in [1.82, 2.24) is 0 Å². The summed E-state index contributed by atoms with van der Waals surface area (Å²) >= 11 is 0. The average molecular weight is 304 g/mol. The van der Waals surface area contributed by atoms with E-state index in [1.807, 2.05) is 0 Å². The first kappa shape index (κ1) is 18.3. The highest BCUT2D eigenvalue weighted by Crippen LogP contribution is 2.27. The summed E-state index contributed by atoms with van der Waals surface area (Å²) in [6.45, 7) is 4.40. The van der Waals surface area contributed by atoms with E-state index in [-0.39, 0.29) is 18.6 Å². The number of hydrogen-bond donors (Lipinski definition) is 0. The minimum Gasteiger partial charge on any atom is -0.462 e. The molecule has 0 aliphatic carbocycles. The van der Waals surface area contributed by atoms with Gasteiger partial charge in [0.15, 0.2) is 0 Å². The maximum Gasteiger partial charge on any atom is 0.431 e. The Labute approximate surface area is 111 Å². The topological polar surface area (TPSA) is 52.6 Å². The van der Waals surface area contributed by atoms with Crippen molar-refractivity contribution < 1.29 is 41.0 Å². The van der Waals surface area contributed by atoms with Crippen LogP contribution in [0, 0.1) is 0 Å². The Morgan fingerprint density at radius 1 is 1.25 bits per heavy atom. The molecule has 0 aromatic heterocycles. The van der Waals surface area contributed by atoms with Crippen molar-refractivity contribution in [2.45, 2.75) is 38.5 Å². The van der Waals surface area contributed by atoms with E-state index in [0.717, 1.165) is 0 Å². The van der Waals surface area contributed by atoms with Gasteiger partial charge in [-0.15, -0.1) is 0 Å². The monoisotopic (exact) mass is 304 g/mol. The molecule has 0 bridgehead atoms. The normalized spacial score (nSPS) is 12.9. The molecule has 1 unspecified atom stereocenters. The summed E-state index contributed by atoms with van der Waals surface area (Å²) in [4.78, 5) is 21.9. The van der Waals surface area contributed by atoms with Crippen molar-refractivity contribution in [2.24, 2.45) is 0 Å². The van der Waals surface area contributed by atoms with Gasteiger partial charge in [-0.05, 0) is 13.3 Å². The van der Waals surface area contributed by atoms with Gasteiger partial charge in [0.05, 0.1) is 6.61 Å². The lowest BCUT2D eigenvalue weighted by Crippen LogP contribution is -2.39. The smallest absolute Gasteiger partial charge is 0.431 e. The summed E-state index contributed by atoms with van der Waals surface area (Å²) in [5.74, 6) is -2.17. The van der Waals surface area contributed by atoms with Gasteiger partial charge in [0.25, 0.3) is 12.5 Å². The number of halogens is 5. The van der Waals surface area contributed by atoms with E-state index in [1.165, 1.54) is 6.92 Å². The molecule has 0 rings (SSSR count). The summed E-state index contributed by atoms with van der Waals surface area (Å²) in [6.07, 6.45) is -13.4. The summed E-state index contributed by atoms with van der Waals surface area (Å²) in [7, 11) is 0. The van der Waals surface area contributed by atoms with Gasteiger partial charge in [-0.1, -0.05) is 6.58 Å². The third-order valence-corrected chi connectivity index (χ3v) is 1.92. The molecule has 116 valence electrons. The summed E-state index contributed by atoms with van der Waals surface area (Å²) in [5, 5.41) is 0. The molecular formula is C11H13F5O4. The van der Waals surface area contributed by atoms with Gasteiger partial charge in [0, 0.05) is 12.0 Å². The molecule has 0 saturated heterocycles. The van der Waals surface area contributed by atoms with Crippen molar-refractivity contribution in [2.75, 3.05) is 6.61 Å². The van der Waals surface area contributed by atoms with Crippen molar-refractivity contribution in [3.63, 3.8) is 0 Å². The molecule has 0 saturated carbocycles. The molecule has 0 fully saturated rings. The SMILES string of the molecule is C=C(C)C(=O)OCCCC(=O)OC(C(F)F)C(F)(F)F. The molecule has 0 amide bonds. The highest BCUT2D eigenvalue weighted by Gasteiger charge is 2.49. The first-order valence-electron chi connectivity index (χ1n) is 5.42. The van der Waals surface area contributed by atoms with E-state index in [0.29, 0.717) is 0 Å². The fraction of sp³-hybridized carbons (Fsp3) is 0.636. The second kappa shape index (κ2) is 7.81. The van der Waals surface area contributed by atoms with Crippen LogP contribution in [-0.2, 0) is 19.1 Å². The maximum atomic E-state index is 12.1. The Balaban J connectivity index is 4.10. The fourth-order valence-corrected chi connectivity index (χ4v) is 0.966. The van der Waals surface area contributed by atoms with Crippen LogP contribution >= 0.6 is 0 Å². The second-order valence-corrected chi connectivity index (χ2v) is 3.81. The molecule has 0 aromatic carbocycles. The van der Waals surface area contributed by atoms with Crippen LogP contribution in [0.5, 0.6) is 0 Å². The highest BCUT2D eigenvalue weighted by atomic mass is 19.4. The predicted octanol–water partition coefficient (Wildman–Crippen LogP) is 2.63. The van der Waals surface area contributed by atoms with Gasteiger partial charge in [-0.2, -0.15) is 13.2 Å². The lowest BCUT2D eigenvalue weighted by Gasteiger charge is -2.19. The minimum atomic E-state index is -5.34. The van der Waals surface area contributed by atoms with E-state index in [9.17, 15) is 31.5 Å². The molecule has 4 nitrogen and oxygen atoms in total. The molecule has 0 aliphatic heterocycles. The summed E-state index contributed by atoms with van der Waals surface area (Å²) in [6, 6.07) is 0. The van der Waals surface area contributed by atoms with Crippen LogP contribution in [0.4, 0.5) is 22.0 Å². The molecular weight excluding hydrogens is 291 g/mol. The van der Waals surface area contributed by atoms with Crippen molar-refractivity contribution in [3.05, 3.63) is 12.2 Å². The zero-order valence-corrected chi connectivity index (χ0v) is 10.5. The molecule has 0 N–H and O–H groups in total. The maximum absolute atomic E-state index is 12.1. The lowest BCUT2D eigenvalue weighted by molar-refractivity contribution is -0.249. The first-order valence-corrected chi connectivity index (χ1v) is 5.42. The number of carbonyl (C=O) groups is 2. The largest absolute Gasteiger partial charge is 0.462 e. The van der Waals surface area contributed by atoms with Crippen molar-refractivity contribution in [3.8, 4) is 0 Å². The van der Waals surface area contributed by atoms with Gasteiger partial charge in [0.2, 0.25) is 0 Å². The van der Waals surface area contributed by atoms with Crippen LogP contribution in [0.3, 0.4) is 0 Å². The number of ether oxygens (including phenoxy) is 2. The quantitative estimate of drug-likeness (QED) is 0.314. The Morgan fingerprint density at radius 3 is 2.20 bits per heavy atom. The number of rotatable bonds is 7. The number of esters is 2. The first-order chi connectivity index (χ1) is 9.05. The van der Waals surface area contributed by atoms with Crippen molar-refractivity contribution in [1.29, 1.82) is 0 Å². The van der Waals surface area contributed by atoms with Gasteiger partial charge in [0.1, 0.15) is 0 Å². The van der Waals surface area contributed by atoms with E-state index >= 15 is 0 Å². The average Bonchev–Trinajstić information content (AvgIpc) is 2.29. The van der Waals surface area contributed by atoms with E-state index in [4.69, 9.17) is 0 Å². The van der Waals surface area contributed by atoms with Crippen LogP contribution in [0.1, 0.15) is 19.8 Å². The number of hydrogen-bond acceptors (Lipinski definition) is 4. The standard InChI is InChI=1S/C11H13F5O4/c1-6(2)10(18)19-5-3-4-7(17)20-8(9(12)13)11(14,15)16/h8-9H,1,3-5H2,2H3. The minimum absolute atomic E-state index is 0.113. The Hall–Kier alpha value is -1.67. The van der Waals surface area contributed by atoms with Crippen molar-refractivity contribution >= 4 is 11.9 Å². The highest BCUT2D eigenvalue weighted by molar-refractivity contribution is 5.86. The lowest BCUT2D eigenvalue weighted by atomic mass is 10.3. The molecule has 9 heteroatoms. The van der Waals surface area contributed by atoms with Gasteiger partial charge >= 0.3 is 18.1 Å². The molecule has 0 radical (unpaired) electrons. The zero-order chi connectivity index (χ0) is 15.9. The Morgan fingerprint density at radius 2 is 1.80 bits per heavy atom. The van der Waals surface area contributed by atoms with E-state index in [2.05, 4.69) is 16.1 Å². The Kier molecular flexibility index (Phi) is 7.16. The van der Waals surface area contributed by atoms with Crippen LogP contribution in [0.25, 0.3) is 0 Å². The zero-order valence-electron chi connectivity index (χ0n) is 10.5. The van der Waals surface area contributed by atoms with Gasteiger partial charge < -0.3 is 9.47 Å². The Bertz CT molecular complexity index is 364. The van der Waals surface area contributed by atoms with Crippen LogP contribution < -0.4 is 0 Å². The number of carbonyl (C=O) groups excluding carboxylic acids is 2.